The lowest BCUT2D eigenvalue weighted by atomic mass is 10.3. The van der Waals surface area contributed by atoms with Gasteiger partial charge in [0.25, 0.3) is 0 Å². The van der Waals surface area contributed by atoms with Crippen LogP contribution in [0, 0.1) is 13.8 Å². The summed E-state index contributed by atoms with van der Waals surface area (Å²) < 4.78 is 1.87. The number of anilines is 1. The van der Waals surface area contributed by atoms with Crippen molar-refractivity contribution in [1.82, 2.24) is 9.78 Å². The number of hydrogen-bond acceptors (Lipinski definition) is 2. The van der Waals surface area contributed by atoms with Crippen LogP contribution in [0.4, 0.5) is 5.69 Å². The van der Waals surface area contributed by atoms with Gasteiger partial charge in [-0.1, -0.05) is 18.2 Å². The molecule has 0 radical (unpaired) electrons. The number of para-hydroxylation sites is 1. The molecule has 2 aromatic rings. The van der Waals surface area contributed by atoms with Gasteiger partial charge in [0.05, 0.1) is 22.8 Å². The molecule has 0 bridgehead atoms. The number of nitrogens with two attached hydrogens (primary N) is 1. The normalized spacial score (nSPS) is 10.2. The summed E-state index contributed by atoms with van der Waals surface area (Å²) in [4.78, 5) is 0. The second-order valence-electron chi connectivity index (χ2n) is 3.78. The van der Waals surface area contributed by atoms with Crippen molar-refractivity contribution in [3.63, 3.8) is 0 Å². The fourth-order valence-electron chi connectivity index (χ4n) is 1.77. The largest absolute Gasteiger partial charge is 0.376 e. The van der Waals surface area contributed by atoms with E-state index < -0.39 is 0 Å². The van der Waals surface area contributed by atoms with Gasteiger partial charge < -0.3 is 11.1 Å². The molecule has 1 aromatic carbocycles. The van der Waals surface area contributed by atoms with Crippen molar-refractivity contribution >= 4 is 23.0 Å². The minimum absolute atomic E-state index is 0.254. The van der Waals surface area contributed by atoms with Crippen LogP contribution in [0.15, 0.2) is 30.3 Å². The molecule has 0 aliphatic carbocycles. The van der Waals surface area contributed by atoms with E-state index in [9.17, 15) is 0 Å². The first-order valence-corrected chi connectivity index (χ1v) is 5.68. The molecular formula is C12H14N4S. The molecule has 1 heterocycles. The average molecular weight is 246 g/mol. The maximum Gasteiger partial charge on any atom is 0.168 e. The molecule has 0 atom stereocenters. The summed E-state index contributed by atoms with van der Waals surface area (Å²) in [5.74, 6) is 0. The van der Waals surface area contributed by atoms with Crippen LogP contribution >= 0.6 is 12.2 Å². The van der Waals surface area contributed by atoms with Gasteiger partial charge in [-0.2, -0.15) is 5.10 Å². The Morgan fingerprint density at radius 3 is 2.53 bits per heavy atom. The van der Waals surface area contributed by atoms with E-state index in [0.717, 1.165) is 22.8 Å². The third kappa shape index (κ3) is 2.29. The van der Waals surface area contributed by atoms with Crippen LogP contribution in [0.5, 0.6) is 0 Å². The minimum atomic E-state index is 0.254. The zero-order chi connectivity index (χ0) is 12.4. The summed E-state index contributed by atoms with van der Waals surface area (Å²) >= 11 is 4.85. The highest BCUT2D eigenvalue weighted by molar-refractivity contribution is 7.80. The van der Waals surface area contributed by atoms with Crippen LogP contribution in [0.2, 0.25) is 0 Å². The van der Waals surface area contributed by atoms with Gasteiger partial charge in [-0.15, -0.1) is 0 Å². The Kier molecular flexibility index (Phi) is 3.10. The molecule has 0 saturated heterocycles. The number of nitrogens with one attached hydrogen (secondary N) is 1. The van der Waals surface area contributed by atoms with Gasteiger partial charge >= 0.3 is 0 Å². The summed E-state index contributed by atoms with van der Waals surface area (Å²) in [6, 6.07) is 9.94. The monoisotopic (exact) mass is 246 g/mol. The van der Waals surface area contributed by atoms with E-state index in [1.165, 1.54) is 0 Å². The number of benzene rings is 1. The Labute approximate surface area is 105 Å². The lowest BCUT2D eigenvalue weighted by Crippen LogP contribution is -2.19. The zero-order valence-corrected chi connectivity index (χ0v) is 10.6. The van der Waals surface area contributed by atoms with Gasteiger partial charge in [-0.25, -0.2) is 4.68 Å². The molecule has 1 aromatic heterocycles. The number of nitrogens with zero attached hydrogens (tertiary/aromatic N) is 2. The summed E-state index contributed by atoms with van der Waals surface area (Å²) in [5, 5.41) is 7.68. The molecule has 0 aliphatic rings. The number of hydrogen-bond donors (Lipinski definition) is 2. The zero-order valence-electron chi connectivity index (χ0n) is 9.77. The Balaban J connectivity index is 2.48. The summed E-state index contributed by atoms with van der Waals surface area (Å²) in [6.45, 7) is 3.90. The molecule has 4 nitrogen and oxygen atoms in total. The molecule has 5 heteroatoms. The molecule has 0 fully saturated rings. The molecular weight excluding hydrogens is 232 g/mol. The molecule has 0 aliphatic heterocycles. The Morgan fingerprint density at radius 1 is 1.29 bits per heavy atom. The number of thiocarbonyl (C=S) groups is 1. The van der Waals surface area contributed by atoms with Crippen LogP contribution in [0.3, 0.4) is 0 Å². The van der Waals surface area contributed by atoms with Crippen molar-refractivity contribution < 1.29 is 0 Å². The molecule has 3 N–H and O–H groups in total. The fourth-order valence-corrected chi connectivity index (χ4v) is 1.87. The van der Waals surface area contributed by atoms with Gasteiger partial charge in [0.2, 0.25) is 0 Å². The molecule has 0 amide bonds. The molecule has 0 spiro atoms. The molecule has 17 heavy (non-hydrogen) atoms. The van der Waals surface area contributed by atoms with Crippen molar-refractivity contribution in [2.75, 3.05) is 5.32 Å². The Hall–Kier alpha value is -1.88. The van der Waals surface area contributed by atoms with E-state index in [0.29, 0.717) is 0 Å². The van der Waals surface area contributed by atoms with Gasteiger partial charge in [0.15, 0.2) is 5.11 Å². The third-order valence-electron chi connectivity index (χ3n) is 2.54. The highest BCUT2D eigenvalue weighted by Crippen LogP contribution is 2.22. The summed E-state index contributed by atoms with van der Waals surface area (Å²) in [7, 11) is 0. The summed E-state index contributed by atoms with van der Waals surface area (Å²) in [5.41, 5.74) is 9.25. The van der Waals surface area contributed by atoms with Crippen molar-refractivity contribution in [1.29, 1.82) is 0 Å². The number of rotatable bonds is 2. The van der Waals surface area contributed by atoms with E-state index in [4.69, 9.17) is 18.0 Å². The quantitative estimate of drug-likeness (QED) is 0.797. The Morgan fingerprint density at radius 2 is 1.94 bits per heavy atom. The van der Waals surface area contributed by atoms with E-state index >= 15 is 0 Å². The lowest BCUT2D eigenvalue weighted by Gasteiger charge is -2.06. The molecule has 0 saturated carbocycles. The maximum absolute atomic E-state index is 5.49. The first-order chi connectivity index (χ1) is 8.09. The van der Waals surface area contributed by atoms with Crippen LogP contribution in [-0.2, 0) is 0 Å². The second-order valence-corrected chi connectivity index (χ2v) is 4.22. The van der Waals surface area contributed by atoms with Gasteiger partial charge in [-0.05, 0) is 38.2 Å². The second kappa shape index (κ2) is 4.55. The molecule has 88 valence electrons. The number of aryl methyl sites for hydroxylation is 1. The predicted molar refractivity (Wildman–Crippen MR) is 73.4 cm³/mol. The van der Waals surface area contributed by atoms with Crippen molar-refractivity contribution in [3.05, 3.63) is 41.7 Å². The highest BCUT2D eigenvalue weighted by Gasteiger charge is 2.12. The van der Waals surface area contributed by atoms with Crippen LogP contribution in [0.1, 0.15) is 11.4 Å². The van der Waals surface area contributed by atoms with Crippen molar-refractivity contribution in [2.45, 2.75) is 13.8 Å². The van der Waals surface area contributed by atoms with E-state index in [-0.39, 0.29) is 5.11 Å². The average Bonchev–Trinajstić information content (AvgIpc) is 2.58. The van der Waals surface area contributed by atoms with Crippen LogP contribution in [0.25, 0.3) is 5.69 Å². The maximum atomic E-state index is 5.49. The molecule has 2 rings (SSSR count). The van der Waals surface area contributed by atoms with Crippen LogP contribution in [-0.4, -0.2) is 14.9 Å². The first-order valence-electron chi connectivity index (χ1n) is 5.27. The van der Waals surface area contributed by atoms with E-state index in [1.807, 2.05) is 48.9 Å². The Bertz CT molecular complexity index is 545. The number of aromatic nitrogens is 2. The topological polar surface area (TPSA) is 55.9 Å². The van der Waals surface area contributed by atoms with E-state index in [1.54, 1.807) is 0 Å². The third-order valence-corrected chi connectivity index (χ3v) is 2.64. The predicted octanol–water partition coefficient (Wildman–Crippen LogP) is 2.14. The van der Waals surface area contributed by atoms with Gasteiger partial charge in [-0.3, -0.25) is 0 Å². The molecule has 0 unspecified atom stereocenters. The van der Waals surface area contributed by atoms with Gasteiger partial charge in [0.1, 0.15) is 0 Å². The van der Waals surface area contributed by atoms with Crippen molar-refractivity contribution in [2.24, 2.45) is 5.73 Å². The van der Waals surface area contributed by atoms with Crippen LogP contribution < -0.4 is 11.1 Å². The first kappa shape index (κ1) is 11.6. The summed E-state index contributed by atoms with van der Waals surface area (Å²) in [6.07, 6.45) is 0. The standard InChI is InChI=1S/C12H14N4S/c1-8-11(14-12(13)17)9(2)16(15-8)10-6-4-3-5-7-10/h3-7H,1-2H3,(H3,13,14,17). The smallest absolute Gasteiger partial charge is 0.168 e. The fraction of sp³-hybridized carbons (Fsp3) is 0.167. The van der Waals surface area contributed by atoms with Gasteiger partial charge in [0, 0.05) is 0 Å². The lowest BCUT2D eigenvalue weighted by molar-refractivity contribution is 0.834. The SMILES string of the molecule is Cc1nn(-c2ccccc2)c(C)c1NC(N)=S. The van der Waals surface area contributed by atoms with Crippen molar-refractivity contribution in [3.8, 4) is 5.69 Å². The highest BCUT2D eigenvalue weighted by atomic mass is 32.1. The minimum Gasteiger partial charge on any atom is -0.376 e. The van der Waals surface area contributed by atoms with E-state index in [2.05, 4.69) is 10.4 Å².